The lowest BCUT2D eigenvalue weighted by Gasteiger charge is -2.08. The molecule has 0 bridgehead atoms. The number of hydrogen-bond acceptors (Lipinski definition) is 3. The van der Waals surface area contributed by atoms with Crippen molar-refractivity contribution in [2.75, 3.05) is 0 Å². The number of aliphatic carboxylic acids is 1. The SMILES string of the molecule is C[C@H](C(=O)O)n1cnc2c(Br)cncc21. The van der Waals surface area contributed by atoms with Crippen molar-refractivity contribution < 1.29 is 9.90 Å². The van der Waals surface area contributed by atoms with Gasteiger partial charge in [0.1, 0.15) is 11.6 Å². The Morgan fingerprint density at radius 3 is 3.00 bits per heavy atom. The van der Waals surface area contributed by atoms with Crippen molar-refractivity contribution in [2.24, 2.45) is 0 Å². The zero-order chi connectivity index (χ0) is 11.0. The maximum atomic E-state index is 10.8. The fourth-order valence-corrected chi connectivity index (χ4v) is 1.77. The summed E-state index contributed by atoms with van der Waals surface area (Å²) in [4.78, 5) is 19.0. The van der Waals surface area contributed by atoms with Gasteiger partial charge in [-0.3, -0.25) is 4.98 Å². The number of carboxylic acid groups (broad SMARTS) is 1. The van der Waals surface area contributed by atoms with Gasteiger partial charge >= 0.3 is 5.97 Å². The highest BCUT2D eigenvalue weighted by Gasteiger charge is 2.16. The smallest absolute Gasteiger partial charge is 0.326 e. The van der Waals surface area contributed by atoms with E-state index < -0.39 is 12.0 Å². The first-order chi connectivity index (χ1) is 7.11. The van der Waals surface area contributed by atoms with Crippen LogP contribution in [-0.4, -0.2) is 25.6 Å². The van der Waals surface area contributed by atoms with Crippen LogP contribution in [0.15, 0.2) is 23.2 Å². The molecule has 0 radical (unpaired) electrons. The number of rotatable bonds is 2. The molecule has 1 atom stereocenters. The van der Waals surface area contributed by atoms with Gasteiger partial charge in [-0.2, -0.15) is 0 Å². The summed E-state index contributed by atoms with van der Waals surface area (Å²) < 4.78 is 2.34. The Morgan fingerprint density at radius 1 is 1.60 bits per heavy atom. The van der Waals surface area contributed by atoms with Gasteiger partial charge < -0.3 is 9.67 Å². The Morgan fingerprint density at radius 2 is 2.33 bits per heavy atom. The van der Waals surface area contributed by atoms with Crippen LogP contribution >= 0.6 is 15.9 Å². The van der Waals surface area contributed by atoms with Crippen molar-refractivity contribution in [3.05, 3.63) is 23.2 Å². The fourth-order valence-electron chi connectivity index (χ4n) is 1.34. The average Bonchev–Trinajstić information content (AvgIpc) is 2.61. The van der Waals surface area contributed by atoms with Crippen LogP contribution in [0.1, 0.15) is 13.0 Å². The number of imidazole rings is 1. The minimum Gasteiger partial charge on any atom is -0.480 e. The predicted octanol–water partition coefficient (Wildman–Crippen LogP) is 1.84. The van der Waals surface area contributed by atoms with E-state index in [-0.39, 0.29) is 0 Å². The minimum absolute atomic E-state index is 0.647. The molecular formula is C9H8BrN3O2. The van der Waals surface area contributed by atoms with Crippen molar-refractivity contribution in [2.45, 2.75) is 13.0 Å². The second-order valence-electron chi connectivity index (χ2n) is 3.16. The van der Waals surface area contributed by atoms with Crippen LogP contribution in [0.25, 0.3) is 11.0 Å². The molecule has 0 spiro atoms. The third-order valence-corrected chi connectivity index (χ3v) is 2.80. The lowest BCUT2D eigenvalue weighted by molar-refractivity contribution is -0.140. The van der Waals surface area contributed by atoms with Gasteiger partial charge in [0.2, 0.25) is 0 Å². The summed E-state index contributed by atoms with van der Waals surface area (Å²) in [5, 5.41) is 8.90. The maximum absolute atomic E-state index is 10.8. The molecule has 2 aromatic heterocycles. The molecule has 2 heterocycles. The summed E-state index contributed by atoms with van der Waals surface area (Å²) >= 11 is 3.31. The molecular weight excluding hydrogens is 262 g/mol. The van der Waals surface area contributed by atoms with E-state index in [0.29, 0.717) is 5.52 Å². The topological polar surface area (TPSA) is 68.0 Å². The van der Waals surface area contributed by atoms with Crippen molar-refractivity contribution in [1.29, 1.82) is 0 Å². The standard InChI is InChI=1S/C9H8BrN3O2/c1-5(9(14)15)13-4-12-8-6(10)2-11-3-7(8)13/h2-5H,1H3,(H,14,15)/t5-/m1/s1. The van der Waals surface area contributed by atoms with Crippen LogP contribution < -0.4 is 0 Å². The number of aromatic nitrogens is 3. The highest BCUT2D eigenvalue weighted by atomic mass is 79.9. The summed E-state index contributed by atoms with van der Waals surface area (Å²) in [6.07, 6.45) is 4.74. The maximum Gasteiger partial charge on any atom is 0.326 e. The summed E-state index contributed by atoms with van der Waals surface area (Å²) in [6, 6.07) is -0.647. The third-order valence-electron chi connectivity index (χ3n) is 2.22. The molecule has 6 heteroatoms. The molecule has 0 saturated heterocycles. The molecule has 0 fully saturated rings. The molecule has 2 aromatic rings. The highest BCUT2D eigenvalue weighted by Crippen LogP contribution is 2.23. The van der Waals surface area contributed by atoms with Gasteiger partial charge in [0, 0.05) is 6.20 Å². The van der Waals surface area contributed by atoms with E-state index in [2.05, 4.69) is 25.9 Å². The first-order valence-corrected chi connectivity index (χ1v) is 5.09. The van der Waals surface area contributed by atoms with Crippen LogP contribution in [-0.2, 0) is 4.79 Å². The van der Waals surface area contributed by atoms with Gasteiger partial charge in [0.15, 0.2) is 0 Å². The predicted molar refractivity (Wildman–Crippen MR) is 57.6 cm³/mol. The van der Waals surface area contributed by atoms with Crippen LogP contribution in [0.5, 0.6) is 0 Å². The molecule has 0 unspecified atom stereocenters. The first kappa shape index (κ1) is 10.1. The van der Waals surface area contributed by atoms with E-state index in [1.54, 1.807) is 23.9 Å². The highest BCUT2D eigenvalue weighted by molar-refractivity contribution is 9.10. The molecule has 0 saturated carbocycles. The van der Waals surface area contributed by atoms with Gasteiger partial charge in [-0.1, -0.05) is 0 Å². The Hall–Kier alpha value is -1.43. The molecule has 15 heavy (non-hydrogen) atoms. The Kier molecular flexibility index (Phi) is 2.44. The van der Waals surface area contributed by atoms with Crippen LogP contribution in [0.4, 0.5) is 0 Å². The molecule has 1 N–H and O–H groups in total. The second-order valence-corrected chi connectivity index (χ2v) is 4.01. The summed E-state index contributed by atoms with van der Waals surface area (Å²) in [5.74, 6) is -0.894. The number of nitrogens with zero attached hydrogens (tertiary/aromatic N) is 3. The quantitative estimate of drug-likeness (QED) is 0.904. The van der Waals surface area contributed by atoms with Crippen LogP contribution in [0.2, 0.25) is 0 Å². The monoisotopic (exact) mass is 269 g/mol. The molecule has 5 nitrogen and oxygen atoms in total. The van der Waals surface area contributed by atoms with E-state index in [1.165, 1.54) is 6.33 Å². The average molecular weight is 270 g/mol. The van der Waals surface area contributed by atoms with Crippen molar-refractivity contribution in [1.82, 2.24) is 14.5 Å². The van der Waals surface area contributed by atoms with Gasteiger partial charge in [0.25, 0.3) is 0 Å². The number of pyridine rings is 1. The molecule has 0 amide bonds. The van der Waals surface area contributed by atoms with Crippen molar-refractivity contribution in [3.63, 3.8) is 0 Å². The molecule has 0 aliphatic heterocycles. The van der Waals surface area contributed by atoms with Crippen LogP contribution in [0.3, 0.4) is 0 Å². The lowest BCUT2D eigenvalue weighted by atomic mass is 10.3. The lowest BCUT2D eigenvalue weighted by Crippen LogP contribution is -2.14. The van der Waals surface area contributed by atoms with E-state index >= 15 is 0 Å². The van der Waals surface area contributed by atoms with Crippen molar-refractivity contribution >= 4 is 32.9 Å². The second kappa shape index (κ2) is 3.62. The number of hydrogen-bond donors (Lipinski definition) is 1. The normalized spacial score (nSPS) is 12.9. The Bertz CT molecular complexity index is 523. The minimum atomic E-state index is -0.894. The molecule has 0 aliphatic carbocycles. The Labute approximate surface area is 93.9 Å². The van der Waals surface area contributed by atoms with Crippen molar-refractivity contribution in [3.8, 4) is 0 Å². The number of fused-ring (bicyclic) bond motifs is 1. The summed E-state index contributed by atoms with van der Waals surface area (Å²) in [5.41, 5.74) is 1.43. The first-order valence-electron chi connectivity index (χ1n) is 4.30. The van der Waals surface area contributed by atoms with E-state index in [9.17, 15) is 4.79 Å². The van der Waals surface area contributed by atoms with E-state index in [4.69, 9.17) is 5.11 Å². The summed E-state index contributed by atoms with van der Waals surface area (Å²) in [7, 11) is 0. The molecule has 0 aromatic carbocycles. The molecule has 2 rings (SSSR count). The van der Waals surface area contributed by atoms with E-state index in [0.717, 1.165) is 9.99 Å². The molecule has 78 valence electrons. The largest absolute Gasteiger partial charge is 0.480 e. The zero-order valence-corrected chi connectivity index (χ0v) is 9.47. The fraction of sp³-hybridized carbons (Fsp3) is 0.222. The molecule has 0 aliphatic rings. The number of halogens is 1. The van der Waals surface area contributed by atoms with Gasteiger partial charge in [-0.05, 0) is 22.9 Å². The summed E-state index contributed by atoms with van der Waals surface area (Å²) in [6.45, 7) is 1.60. The van der Waals surface area contributed by atoms with Crippen LogP contribution in [0, 0.1) is 0 Å². The van der Waals surface area contributed by atoms with Gasteiger partial charge in [-0.25, -0.2) is 9.78 Å². The Balaban J connectivity index is 2.64. The number of carbonyl (C=O) groups is 1. The van der Waals surface area contributed by atoms with E-state index in [1.807, 2.05) is 0 Å². The number of carboxylic acids is 1. The zero-order valence-electron chi connectivity index (χ0n) is 7.88. The third kappa shape index (κ3) is 1.61. The van der Waals surface area contributed by atoms with Gasteiger partial charge in [0.05, 0.1) is 22.5 Å². The van der Waals surface area contributed by atoms with Gasteiger partial charge in [-0.15, -0.1) is 0 Å².